The maximum absolute atomic E-state index is 9.73. The molecule has 4 heteroatoms. The van der Waals surface area contributed by atoms with Gasteiger partial charge in [0.2, 0.25) is 0 Å². The highest BCUT2D eigenvalue weighted by Crippen LogP contribution is 2.23. The van der Waals surface area contributed by atoms with E-state index in [2.05, 4.69) is 53.2 Å². The molecule has 2 rings (SSSR count). The second-order valence-corrected chi connectivity index (χ2v) is 5.25. The lowest BCUT2D eigenvalue weighted by Gasteiger charge is -2.34. The van der Waals surface area contributed by atoms with Crippen molar-refractivity contribution < 1.29 is 5.11 Å². The Labute approximate surface area is 122 Å². The van der Waals surface area contributed by atoms with Crippen molar-refractivity contribution in [3.05, 3.63) is 29.8 Å². The van der Waals surface area contributed by atoms with E-state index in [1.54, 1.807) is 0 Å². The zero-order valence-electron chi connectivity index (χ0n) is 12.7. The highest BCUT2D eigenvalue weighted by Gasteiger charge is 2.21. The predicted molar refractivity (Wildman–Crippen MR) is 84.3 cm³/mol. The number of nitrogens with zero attached hydrogens (tertiary/aromatic N) is 2. The van der Waals surface area contributed by atoms with Gasteiger partial charge in [0, 0.05) is 45.0 Å². The normalized spacial score (nSPS) is 17.9. The van der Waals surface area contributed by atoms with Crippen LogP contribution in [0, 0.1) is 0 Å². The molecule has 0 amide bonds. The number of rotatable bonds is 6. The maximum atomic E-state index is 9.73. The number of hydrogen-bond acceptors (Lipinski definition) is 4. The van der Waals surface area contributed by atoms with Crippen LogP contribution in [-0.4, -0.2) is 55.9 Å². The van der Waals surface area contributed by atoms with Crippen molar-refractivity contribution in [2.75, 3.05) is 50.8 Å². The summed E-state index contributed by atoms with van der Waals surface area (Å²) in [4.78, 5) is 4.70. The van der Waals surface area contributed by atoms with E-state index >= 15 is 0 Å². The molecule has 0 spiro atoms. The first-order valence-corrected chi connectivity index (χ1v) is 7.70. The first-order chi connectivity index (χ1) is 9.80. The molecule has 0 radical (unpaired) electrons. The van der Waals surface area contributed by atoms with Gasteiger partial charge in [0.25, 0.3) is 0 Å². The van der Waals surface area contributed by atoms with Crippen LogP contribution in [0.3, 0.4) is 0 Å². The number of anilines is 1. The van der Waals surface area contributed by atoms with Crippen molar-refractivity contribution in [2.45, 2.75) is 19.9 Å². The second kappa shape index (κ2) is 7.62. The second-order valence-electron chi connectivity index (χ2n) is 5.25. The summed E-state index contributed by atoms with van der Waals surface area (Å²) >= 11 is 0. The van der Waals surface area contributed by atoms with Crippen LogP contribution in [0.15, 0.2) is 24.3 Å². The monoisotopic (exact) mass is 277 g/mol. The van der Waals surface area contributed by atoms with E-state index < -0.39 is 0 Å². The van der Waals surface area contributed by atoms with Crippen LogP contribution in [0.1, 0.15) is 25.5 Å². The van der Waals surface area contributed by atoms with Crippen LogP contribution in [0.2, 0.25) is 0 Å². The molecule has 4 nitrogen and oxygen atoms in total. The summed E-state index contributed by atoms with van der Waals surface area (Å²) < 4.78 is 0. The van der Waals surface area contributed by atoms with E-state index in [-0.39, 0.29) is 12.6 Å². The van der Waals surface area contributed by atoms with E-state index in [9.17, 15) is 5.11 Å². The average molecular weight is 277 g/mol. The molecular weight excluding hydrogens is 250 g/mol. The fourth-order valence-corrected chi connectivity index (χ4v) is 2.92. The Hall–Kier alpha value is -1.10. The molecule has 0 saturated carbocycles. The highest BCUT2D eigenvalue weighted by atomic mass is 16.3. The summed E-state index contributed by atoms with van der Waals surface area (Å²) in [7, 11) is 0. The van der Waals surface area contributed by atoms with Gasteiger partial charge in [-0.1, -0.05) is 12.1 Å². The third kappa shape index (κ3) is 3.51. The highest BCUT2D eigenvalue weighted by molar-refractivity contribution is 5.47. The molecule has 1 saturated heterocycles. The Balaban J connectivity index is 2.10. The lowest BCUT2D eigenvalue weighted by Crippen LogP contribution is -2.46. The third-order valence-corrected chi connectivity index (χ3v) is 4.17. The Kier molecular flexibility index (Phi) is 5.83. The van der Waals surface area contributed by atoms with Crippen LogP contribution < -0.4 is 10.2 Å². The summed E-state index contributed by atoms with van der Waals surface area (Å²) in [5.41, 5.74) is 2.47. The molecule has 20 heavy (non-hydrogen) atoms. The number of aliphatic hydroxyl groups excluding tert-OH is 1. The van der Waals surface area contributed by atoms with Gasteiger partial charge >= 0.3 is 0 Å². The van der Waals surface area contributed by atoms with Crippen LogP contribution >= 0.6 is 0 Å². The minimum atomic E-state index is 0.128. The van der Waals surface area contributed by atoms with Gasteiger partial charge in [0.15, 0.2) is 0 Å². The van der Waals surface area contributed by atoms with E-state index in [0.717, 1.165) is 39.3 Å². The SMILES string of the molecule is CCN(CC)c1ccc([C@H](CO)N2CCNCC2)cc1. The van der Waals surface area contributed by atoms with E-state index in [4.69, 9.17) is 0 Å². The van der Waals surface area contributed by atoms with Gasteiger partial charge < -0.3 is 15.3 Å². The van der Waals surface area contributed by atoms with E-state index in [1.807, 2.05) is 0 Å². The number of hydrogen-bond donors (Lipinski definition) is 2. The lowest BCUT2D eigenvalue weighted by atomic mass is 10.0. The molecule has 0 aliphatic carbocycles. The van der Waals surface area contributed by atoms with Crippen LogP contribution in [0.25, 0.3) is 0 Å². The van der Waals surface area contributed by atoms with Crippen LogP contribution in [0.4, 0.5) is 5.69 Å². The number of nitrogens with one attached hydrogen (secondary N) is 1. The van der Waals surface area contributed by atoms with E-state index in [1.165, 1.54) is 11.3 Å². The van der Waals surface area contributed by atoms with Gasteiger partial charge in [-0.2, -0.15) is 0 Å². The van der Waals surface area contributed by atoms with Gasteiger partial charge in [0.1, 0.15) is 0 Å². The minimum Gasteiger partial charge on any atom is -0.394 e. The molecule has 0 unspecified atom stereocenters. The Morgan fingerprint density at radius 3 is 2.25 bits per heavy atom. The summed E-state index contributed by atoms with van der Waals surface area (Å²) in [5.74, 6) is 0. The summed E-state index contributed by atoms with van der Waals surface area (Å²) in [6, 6.07) is 8.80. The molecule has 1 heterocycles. The molecule has 2 N–H and O–H groups in total. The van der Waals surface area contributed by atoms with E-state index in [0.29, 0.717) is 0 Å². The first kappa shape index (κ1) is 15.3. The zero-order chi connectivity index (χ0) is 14.4. The van der Waals surface area contributed by atoms with Crippen molar-refractivity contribution in [3.63, 3.8) is 0 Å². The Morgan fingerprint density at radius 2 is 1.75 bits per heavy atom. The molecule has 1 aliphatic heterocycles. The van der Waals surface area contributed by atoms with Gasteiger partial charge in [0.05, 0.1) is 12.6 Å². The maximum Gasteiger partial charge on any atom is 0.0628 e. The van der Waals surface area contributed by atoms with Gasteiger partial charge in [-0.25, -0.2) is 0 Å². The molecule has 1 aromatic carbocycles. The van der Waals surface area contributed by atoms with Gasteiger partial charge in [-0.05, 0) is 31.5 Å². The van der Waals surface area contributed by atoms with Crippen molar-refractivity contribution in [3.8, 4) is 0 Å². The third-order valence-electron chi connectivity index (χ3n) is 4.17. The molecule has 1 fully saturated rings. The van der Waals surface area contributed by atoms with Crippen molar-refractivity contribution in [2.24, 2.45) is 0 Å². The molecule has 1 atom stereocenters. The minimum absolute atomic E-state index is 0.128. The number of benzene rings is 1. The molecule has 112 valence electrons. The lowest BCUT2D eigenvalue weighted by molar-refractivity contribution is 0.111. The standard InChI is InChI=1S/C16H27N3O/c1-3-18(4-2)15-7-5-14(6-8-15)16(13-20)19-11-9-17-10-12-19/h5-8,16-17,20H,3-4,9-13H2,1-2H3/t16-/m0/s1. The summed E-state index contributed by atoms with van der Waals surface area (Å²) in [6.45, 7) is 10.6. The number of aliphatic hydroxyl groups is 1. The number of piperazine rings is 1. The van der Waals surface area contributed by atoms with Crippen molar-refractivity contribution in [1.82, 2.24) is 10.2 Å². The molecule has 1 aromatic rings. The molecule has 0 aromatic heterocycles. The zero-order valence-corrected chi connectivity index (χ0v) is 12.7. The fourth-order valence-electron chi connectivity index (χ4n) is 2.92. The predicted octanol–water partition coefficient (Wildman–Crippen LogP) is 1.47. The van der Waals surface area contributed by atoms with Gasteiger partial charge in [-0.3, -0.25) is 4.90 Å². The topological polar surface area (TPSA) is 38.7 Å². The van der Waals surface area contributed by atoms with Crippen molar-refractivity contribution in [1.29, 1.82) is 0 Å². The van der Waals surface area contributed by atoms with Crippen molar-refractivity contribution >= 4 is 5.69 Å². The summed E-state index contributed by atoms with van der Waals surface area (Å²) in [5, 5.41) is 13.1. The summed E-state index contributed by atoms with van der Waals surface area (Å²) in [6.07, 6.45) is 0. The van der Waals surface area contributed by atoms with Gasteiger partial charge in [-0.15, -0.1) is 0 Å². The molecule has 0 bridgehead atoms. The average Bonchev–Trinajstić information content (AvgIpc) is 2.52. The molecule has 1 aliphatic rings. The molecular formula is C16H27N3O. The quantitative estimate of drug-likeness (QED) is 0.826. The first-order valence-electron chi connectivity index (χ1n) is 7.70. The van der Waals surface area contributed by atoms with Crippen LogP contribution in [-0.2, 0) is 0 Å². The largest absolute Gasteiger partial charge is 0.394 e. The van der Waals surface area contributed by atoms with Crippen LogP contribution in [0.5, 0.6) is 0 Å². The Morgan fingerprint density at radius 1 is 1.15 bits per heavy atom. The Bertz CT molecular complexity index is 383. The fraction of sp³-hybridized carbons (Fsp3) is 0.625. The smallest absolute Gasteiger partial charge is 0.0628 e.